The van der Waals surface area contributed by atoms with E-state index >= 15 is 0 Å². The van der Waals surface area contributed by atoms with Gasteiger partial charge in [0.05, 0.1) is 18.5 Å². The number of hydrogen-bond acceptors (Lipinski definition) is 3. The molecule has 4 heteroatoms. The zero-order chi connectivity index (χ0) is 13.1. The summed E-state index contributed by atoms with van der Waals surface area (Å²) in [4.78, 5) is 0. The molecule has 3 rings (SSSR count). The van der Waals surface area contributed by atoms with Crippen molar-refractivity contribution in [1.29, 1.82) is 0 Å². The second-order valence-electron chi connectivity index (χ2n) is 4.24. The smallest absolute Gasteiger partial charge is 0.113 e. The third-order valence-corrected chi connectivity index (χ3v) is 2.95. The number of aromatic nitrogens is 3. The van der Waals surface area contributed by atoms with E-state index in [0.29, 0.717) is 0 Å². The zero-order valence-corrected chi connectivity index (χ0v) is 10.3. The van der Waals surface area contributed by atoms with E-state index in [1.807, 2.05) is 60.8 Å². The summed E-state index contributed by atoms with van der Waals surface area (Å²) in [5.41, 5.74) is 3.69. The number of aliphatic hydroxyl groups is 1. The Morgan fingerprint density at radius 2 is 1.68 bits per heavy atom. The van der Waals surface area contributed by atoms with Crippen LogP contribution in [0.15, 0.2) is 60.8 Å². The predicted molar refractivity (Wildman–Crippen MR) is 72.7 cm³/mol. The van der Waals surface area contributed by atoms with Crippen LogP contribution in [-0.2, 0) is 6.61 Å². The molecule has 0 saturated heterocycles. The van der Waals surface area contributed by atoms with Gasteiger partial charge in [0, 0.05) is 5.56 Å². The fourth-order valence-electron chi connectivity index (χ4n) is 1.89. The highest BCUT2D eigenvalue weighted by Gasteiger charge is 2.04. The van der Waals surface area contributed by atoms with Crippen molar-refractivity contribution in [2.24, 2.45) is 0 Å². The normalized spacial score (nSPS) is 10.6. The largest absolute Gasteiger partial charge is 0.392 e. The maximum atomic E-state index is 9.02. The first kappa shape index (κ1) is 11.6. The molecule has 0 spiro atoms. The highest BCUT2D eigenvalue weighted by atomic mass is 16.3. The van der Waals surface area contributed by atoms with Gasteiger partial charge in [0.15, 0.2) is 0 Å². The average molecular weight is 251 g/mol. The first-order chi connectivity index (χ1) is 9.36. The second kappa shape index (κ2) is 5.04. The molecule has 1 heterocycles. The van der Waals surface area contributed by atoms with Crippen molar-refractivity contribution in [1.82, 2.24) is 15.0 Å². The SMILES string of the molecule is OCc1ccc(-n2cc(-c3ccccc3)nn2)cc1. The van der Waals surface area contributed by atoms with Crippen LogP contribution in [0.5, 0.6) is 0 Å². The van der Waals surface area contributed by atoms with Gasteiger partial charge in [-0.05, 0) is 17.7 Å². The lowest BCUT2D eigenvalue weighted by molar-refractivity contribution is 0.282. The number of benzene rings is 2. The summed E-state index contributed by atoms with van der Waals surface area (Å²) < 4.78 is 1.73. The summed E-state index contributed by atoms with van der Waals surface area (Å²) in [6.45, 7) is 0.0485. The highest BCUT2D eigenvalue weighted by Crippen LogP contribution is 2.17. The van der Waals surface area contributed by atoms with E-state index in [1.165, 1.54) is 0 Å². The molecule has 0 radical (unpaired) electrons. The van der Waals surface area contributed by atoms with Crippen molar-refractivity contribution in [2.45, 2.75) is 6.61 Å². The maximum absolute atomic E-state index is 9.02. The summed E-state index contributed by atoms with van der Waals surface area (Å²) in [5, 5.41) is 17.3. The van der Waals surface area contributed by atoms with Crippen LogP contribution < -0.4 is 0 Å². The maximum Gasteiger partial charge on any atom is 0.113 e. The third kappa shape index (κ3) is 2.39. The van der Waals surface area contributed by atoms with E-state index in [-0.39, 0.29) is 6.61 Å². The molecule has 0 saturated carbocycles. The van der Waals surface area contributed by atoms with Crippen LogP contribution >= 0.6 is 0 Å². The van der Waals surface area contributed by atoms with Crippen LogP contribution in [0.4, 0.5) is 0 Å². The molecule has 0 fully saturated rings. The summed E-state index contributed by atoms with van der Waals surface area (Å²) in [7, 11) is 0. The van der Waals surface area contributed by atoms with Crippen LogP contribution in [0, 0.1) is 0 Å². The molecular weight excluding hydrogens is 238 g/mol. The van der Waals surface area contributed by atoms with Gasteiger partial charge in [-0.25, -0.2) is 4.68 Å². The topological polar surface area (TPSA) is 50.9 Å². The predicted octanol–water partition coefficient (Wildman–Crippen LogP) is 2.43. The van der Waals surface area contributed by atoms with Crippen molar-refractivity contribution in [3.63, 3.8) is 0 Å². The van der Waals surface area contributed by atoms with Crippen molar-refractivity contribution < 1.29 is 5.11 Å². The molecule has 3 aromatic rings. The van der Waals surface area contributed by atoms with Crippen LogP contribution in [-0.4, -0.2) is 20.1 Å². The average Bonchev–Trinajstić information content (AvgIpc) is 2.98. The van der Waals surface area contributed by atoms with E-state index in [9.17, 15) is 0 Å². The number of nitrogens with zero attached hydrogens (tertiary/aromatic N) is 3. The van der Waals surface area contributed by atoms with Gasteiger partial charge in [-0.1, -0.05) is 47.7 Å². The van der Waals surface area contributed by atoms with Crippen LogP contribution in [0.1, 0.15) is 5.56 Å². The highest BCUT2D eigenvalue weighted by molar-refractivity contribution is 5.57. The molecular formula is C15H13N3O. The van der Waals surface area contributed by atoms with E-state index < -0.39 is 0 Å². The molecule has 1 aromatic heterocycles. The second-order valence-corrected chi connectivity index (χ2v) is 4.24. The minimum absolute atomic E-state index is 0.0485. The minimum atomic E-state index is 0.0485. The van der Waals surface area contributed by atoms with Crippen LogP contribution in [0.2, 0.25) is 0 Å². The molecule has 2 aromatic carbocycles. The lowest BCUT2D eigenvalue weighted by Gasteiger charge is -2.00. The van der Waals surface area contributed by atoms with Crippen molar-refractivity contribution in [3.05, 3.63) is 66.4 Å². The van der Waals surface area contributed by atoms with Crippen LogP contribution in [0.3, 0.4) is 0 Å². The van der Waals surface area contributed by atoms with Crippen molar-refractivity contribution >= 4 is 0 Å². The molecule has 0 bridgehead atoms. The Balaban J connectivity index is 1.92. The molecule has 94 valence electrons. The monoisotopic (exact) mass is 251 g/mol. The summed E-state index contributed by atoms with van der Waals surface area (Å²) in [5.74, 6) is 0. The molecule has 0 atom stereocenters. The first-order valence-electron chi connectivity index (χ1n) is 6.05. The van der Waals surface area contributed by atoms with Crippen molar-refractivity contribution in [3.8, 4) is 16.9 Å². The summed E-state index contributed by atoms with van der Waals surface area (Å²) in [6, 6.07) is 17.5. The molecule has 0 aliphatic rings. The van der Waals surface area contributed by atoms with Crippen molar-refractivity contribution in [2.75, 3.05) is 0 Å². The van der Waals surface area contributed by atoms with Gasteiger partial charge in [0.25, 0.3) is 0 Å². The fourth-order valence-corrected chi connectivity index (χ4v) is 1.89. The summed E-state index contributed by atoms with van der Waals surface area (Å²) >= 11 is 0. The Bertz CT molecular complexity index is 659. The van der Waals surface area contributed by atoms with Gasteiger partial charge >= 0.3 is 0 Å². The molecule has 4 nitrogen and oxygen atoms in total. The Morgan fingerprint density at radius 1 is 0.947 bits per heavy atom. The summed E-state index contributed by atoms with van der Waals surface area (Å²) in [6.07, 6.45) is 1.89. The Kier molecular flexibility index (Phi) is 3.08. The zero-order valence-electron chi connectivity index (χ0n) is 10.3. The molecule has 19 heavy (non-hydrogen) atoms. The molecule has 0 aliphatic carbocycles. The number of rotatable bonds is 3. The fraction of sp³-hybridized carbons (Fsp3) is 0.0667. The Hall–Kier alpha value is -2.46. The van der Waals surface area contributed by atoms with Gasteiger partial charge in [-0.15, -0.1) is 5.10 Å². The van der Waals surface area contributed by atoms with E-state index in [4.69, 9.17) is 5.11 Å². The molecule has 1 N–H and O–H groups in total. The quantitative estimate of drug-likeness (QED) is 0.777. The molecule has 0 aliphatic heterocycles. The van der Waals surface area contributed by atoms with Crippen LogP contribution in [0.25, 0.3) is 16.9 Å². The standard InChI is InChI=1S/C15H13N3O/c19-11-12-6-8-14(9-7-12)18-10-15(16-17-18)13-4-2-1-3-5-13/h1-10,19H,11H2. The van der Waals surface area contributed by atoms with Gasteiger partial charge in [0.2, 0.25) is 0 Å². The van der Waals surface area contributed by atoms with Gasteiger partial charge in [-0.2, -0.15) is 0 Å². The Labute approximate surface area is 111 Å². The lowest BCUT2D eigenvalue weighted by atomic mass is 10.2. The van der Waals surface area contributed by atoms with Gasteiger partial charge < -0.3 is 5.11 Å². The molecule has 0 unspecified atom stereocenters. The third-order valence-electron chi connectivity index (χ3n) is 2.95. The van der Waals surface area contributed by atoms with E-state index in [1.54, 1.807) is 4.68 Å². The number of hydrogen-bond donors (Lipinski definition) is 1. The van der Waals surface area contributed by atoms with Gasteiger partial charge in [0.1, 0.15) is 5.69 Å². The molecule has 0 amide bonds. The lowest BCUT2D eigenvalue weighted by Crippen LogP contribution is -1.95. The first-order valence-corrected chi connectivity index (χ1v) is 6.05. The Morgan fingerprint density at radius 3 is 2.37 bits per heavy atom. The van der Waals surface area contributed by atoms with E-state index in [0.717, 1.165) is 22.5 Å². The minimum Gasteiger partial charge on any atom is -0.392 e. The van der Waals surface area contributed by atoms with Gasteiger partial charge in [-0.3, -0.25) is 0 Å². The van der Waals surface area contributed by atoms with E-state index in [2.05, 4.69) is 10.3 Å². The number of aliphatic hydroxyl groups excluding tert-OH is 1.